The Kier molecular flexibility index (Phi) is 6.00. The van der Waals surface area contributed by atoms with Crippen molar-refractivity contribution in [3.63, 3.8) is 0 Å². The van der Waals surface area contributed by atoms with Crippen molar-refractivity contribution in [1.82, 2.24) is 0 Å². The van der Waals surface area contributed by atoms with Gasteiger partial charge in [-0.25, -0.2) is 8.42 Å². The SMILES string of the molecule is NC(=S)c1cc(Br)ccc1NS(=O)(=O)CCCC(F)(F)F. The Balaban J connectivity index is 2.83. The lowest BCUT2D eigenvalue weighted by Gasteiger charge is -2.12. The highest BCUT2D eigenvalue weighted by molar-refractivity contribution is 9.10. The van der Waals surface area contributed by atoms with Crippen LogP contribution in [0.2, 0.25) is 0 Å². The summed E-state index contributed by atoms with van der Waals surface area (Å²) in [5.41, 5.74) is 5.91. The number of sulfonamides is 1. The van der Waals surface area contributed by atoms with Crippen molar-refractivity contribution in [2.24, 2.45) is 5.73 Å². The van der Waals surface area contributed by atoms with Gasteiger partial charge in [0.1, 0.15) is 4.99 Å². The van der Waals surface area contributed by atoms with Crippen LogP contribution >= 0.6 is 28.1 Å². The van der Waals surface area contributed by atoms with Gasteiger partial charge in [-0.2, -0.15) is 13.2 Å². The first kappa shape index (κ1) is 18.2. The number of anilines is 1. The van der Waals surface area contributed by atoms with Gasteiger partial charge in [-0.1, -0.05) is 28.1 Å². The van der Waals surface area contributed by atoms with E-state index in [1.54, 1.807) is 6.07 Å². The average molecular weight is 405 g/mol. The summed E-state index contributed by atoms with van der Waals surface area (Å²) in [7, 11) is -3.91. The van der Waals surface area contributed by atoms with Crippen molar-refractivity contribution in [1.29, 1.82) is 0 Å². The Hall–Kier alpha value is -0.870. The van der Waals surface area contributed by atoms with Gasteiger partial charge in [0.05, 0.1) is 11.4 Å². The normalized spacial score (nSPS) is 12.2. The van der Waals surface area contributed by atoms with Gasteiger partial charge in [0.25, 0.3) is 0 Å². The van der Waals surface area contributed by atoms with Crippen LogP contribution in [0.15, 0.2) is 22.7 Å². The molecular formula is C11H12BrF3N2O2S2. The van der Waals surface area contributed by atoms with Crippen LogP contribution in [0.25, 0.3) is 0 Å². The average Bonchev–Trinajstić information content (AvgIpc) is 2.28. The zero-order valence-corrected chi connectivity index (χ0v) is 13.8. The number of halogens is 4. The number of hydrogen-bond donors (Lipinski definition) is 2. The molecule has 0 heterocycles. The van der Waals surface area contributed by atoms with Crippen LogP contribution in [0.1, 0.15) is 18.4 Å². The quantitative estimate of drug-likeness (QED) is 0.714. The zero-order chi connectivity index (χ0) is 16.3. The van der Waals surface area contributed by atoms with Gasteiger partial charge in [0, 0.05) is 16.5 Å². The van der Waals surface area contributed by atoms with E-state index in [4.69, 9.17) is 18.0 Å². The predicted octanol–water partition coefficient (Wildman–Crippen LogP) is 3.17. The van der Waals surface area contributed by atoms with Gasteiger partial charge >= 0.3 is 6.18 Å². The molecule has 0 radical (unpaired) electrons. The summed E-state index contributed by atoms with van der Waals surface area (Å²) >= 11 is 8.00. The molecule has 0 fully saturated rings. The second kappa shape index (κ2) is 6.93. The first-order chi connectivity index (χ1) is 9.50. The van der Waals surface area contributed by atoms with E-state index in [-0.39, 0.29) is 10.7 Å². The van der Waals surface area contributed by atoms with E-state index in [1.165, 1.54) is 12.1 Å². The molecule has 21 heavy (non-hydrogen) atoms. The molecule has 0 saturated heterocycles. The van der Waals surface area contributed by atoms with Crippen molar-refractivity contribution >= 4 is 48.8 Å². The Labute approximate surface area is 134 Å². The topological polar surface area (TPSA) is 72.2 Å². The molecule has 0 atom stereocenters. The van der Waals surface area contributed by atoms with Crippen LogP contribution in [0.5, 0.6) is 0 Å². The van der Waals surface area contributed by atoms with Gasteiger partial charge in [-0.15, -0.1) is 0 Å². The van der Waals surface area contributed by atoms with Gasteiger partial charge < -0.3 is 5.73 Å². The van der Waals surface area contributed by atoms with E-state index in [2.05, 4.69) is 20.7 Å². The van der Waals surface area contributed by atoms with E-state index in [1.807, 2.05) is 0 Å². The molecule has 118 valence electrons. The number of benzene rings is 1. The second-order valence-electron chi connectivity index (χ2n) is 4.19. The van der Waals surface area contributed by atoms with Crippen LogP contribution in [0.4, 0.5) is 18.9 Å². The minimum atomic E-state index is -4.38. The summed E-state index contributed by atoms with van der Waals surface area (Å²) in [5.74, 6) is -0.640. The molecule has 0 unspecified atom stereocenters. The summed E-state index contributed by atoms with van der Waals surface area (Å²) in [5, 5.41) is 0. The Morgan fingerprint density at radius 3 is 2.52 bits per heavy atom. The maximum atomic E-state index is 12.0. The van der Waals surface area contributed by atoms with Crippen molar-refractivity contribution < 1.29 is 21.6 Å². The summed E-state index contributed by atoms with van der Waals surface area (Å²) in [6.07, 6.45) is -6.05. The lowest BCUT2D eigenvalue weighted by Crippen LogP contribution is -2.21. The molecule has 3 N–H and O–H groups in total. The van der Waals surface area contributed by atoms with E-state index in [0.29, 0.717) is 10.0 Å². The van der Waals surface area contributed by atoms with Crippen LogP contribution in [-0.4, -0.2) is 25.3 Å². The number of hydrogen-bond acceptors (Lipinski definition) is 3. The van der Waals surface area contributed by atoms with E-state index in [0.717, 1.165) is 0 Å². The third-order valence-corrected chi connectivity index (χ3v) is 4.46. The number of thiocarbonyl (C=S) groups is 1. The number of nitrogens with one attached hydrogen (secondary N) is 1. The third kappa shape index (κ3) is 6.62. The zero-order valence-electron chi connectivity index (χ0n) is 10.6. The lowest BCUT2D eigenvalue weighted by molar-refractivity contribution is -0.134. The van der Waals surface area contributed by atoms with Crippen LogP contribution < -0.4 is 10.5 Å². The summed E-state index contributed by atoms with van der Waals surface area (Å²) < 4.78 is 62.4. The van der Waals surface area contributed by atoms with E-state index >= 15 is 0 Å². The van der Waals surface area contributed by atoms with Gasteiger partial charge in [-0.3, -0.25) is 4.72 Å². The molecular weight excluding hydrogens is 393 g/mol. The maximum Gasteiger partial charge on any atom is 0.389 e. The molecule has 1 aromatic carbocycles. The minimum Gasteiger partial charge on any atom is -0.389 e. The predicted molar refractivity (Wildman–Crippen MR) is 82.7 cm³/mol. The number of nitrogens with two attached hydrogens (primary N) is 1. The molecule has 4 nitrogen and oxygen atoms in total. The van der Waals surface area contributed by atoms with Gasteiger partial charge in [0.2, 0.25) is 10.0 Å². The highest BCUT2D eigenvalue weighted by Crippen LogP contribution is 2.24. The molecule has 0 spiro atoms. The fraction of sp³-hybridized carbons (Fsp3) is 0.364. The molecule has 0 aliphatic rings. The van der Waals surface area contributed by atoms with Crippen molar-refractivity contribution in [3.05, 3.63) is 28.2 Å². The van der Waals surface area contributed by atoms with Gasteiger partial charge in [-0.05, 0) is 24.6 Å². The fourth-order valence-electron chi connectivity index (χ4n) is 1.49. The number of alkyl halides is 3. The molecule has 0 bridgehead atoms. The highest BCUT2D eigenvalue weighted by atomic mass is 79.9. The lowest BCUT2D eigenvalue weighted by atomic mass is 10.2. The van der Waals surface area contributed by atoms with Crippen LogP contribution in [-0.2, 0) is 10.0 Å². The Bertz CT molecular complexity index is 633. The second-order valence-corrected chi connectivity index (χ2v) is 7.39. The summed E-state index contributed by atoms with van der Waals surface area (Å²) in [6, 6.07) is 4.52. The molecule has 1 aromatic rings. The Morgan fingerprint density at radius 2 is 2.00 bits per heavy atom. The maximum absolute atomic E-state index is 12.0. The Morgan fingerprint density at radius 1 is 1.38 bits per heavy atom. The molecule has 0 amide bonds. The fourth-order valence-corrected chi connectivity index (χ4v) is 3.16. The monoisotopic (exact) mass is 404 g/mol. The van der Waals surface area contributed by atoms with Crippen molar-refractivity contribution in [2.75, 3.05) is 10.5 Å². The van der Waals surface area contributed by atoms with Gasteiger partial charge in [0.15, 0.2) is 0 Å². The first-order valence-electron chi connectivity index (χ1n) is 5.67. The molecule has 1 rings (SSSR count). The molecule has 0 aliphatic heterocycles. The smallest absolute Gasteiger partial charge is 0.389 e. The first-order valence-corrected chi connectivity index (χ1v) is 8.52. The minimum absolute atomic E-state index is 0.0238. The summed E-state index contributed by atoms with van der Waals surface area (Å²) in [4.78, 5) is -0.0238. The summed E-state index contributed by atoms with van der Waals surface area (Å²) in [6.45, 7) is 0. The molecule has 10 heteroatoms. The molecule has 0 aromatic heterocycles. The third-order valence-electron chi connectivity index (χ3n) is 2.39. The number of rotatable bonds is 6. The molecule has 0 aliphatic carbocycles. The van der Waals surface area contributed by atoms with E-state index < -0.39 is 34.8 Å². The standard InChI is InChI=1S/C11H12BrF3N2O2S2/c12-7-2-3-9(8(6-7)10(16)20)17-21(18,19)5-1-4-11(13,14)15/h2-3,6,17H,1,4-5H2,(H2,16,20). The highest BCUT2D eigenvalue weighted by Gasteiger charge is 2.27. The van der Waals surface area contributed by atoms with Crippen LogP contribution in [0.3, 0.4) is 0 Å². The molecule has 0 saturated carbocycles. The largest absolute Gasteiger partial charge is 0.389 e. The van der Waals surface area contributed by atoms with Crippen molar-refractivity contribution in [2.45, 2.75) is 19.0 Å². The van der Waals surface area contributed by atoms with Crippen molar-refractivity contribution in [3.8, 4) is 0 Å². The van der Waals surface area contributed by atoms with E-state index in [9.17, 15) is 21.6 Å². The van der Waals surface area contributed by atoms with Crippen LogP contribution in [0, 0.1) is 0 Å².